The molecule has 0 heterocycles. The van der Waals surface area contributed by atoms with Gasteiger partial charge in [-0.25, -0.2) is 0 Å². The normalized spacial score (nSPS) is 11.1. The van der Waals surface area contributed by atoms with Crippen LogP contribution in [0.2, 0.25) is 0 Å². The van der Waals surface area contributed by atoms with Gasteiger partial charge in [0.1, 0.15) is 12.7 Å². The zero-order valence-corrected chi connectivity index (χ0v) is 9.84. The minimum atomic E-state index is -4.30. The van der Waals surface area contributed by atoms with Gasteiger partial charge in [-0.05, 0) is 24.6 Å². The maximum absolute atomic E-state index is 11.8. The molecule has 0 aliphatic heterocycles. The lowest BCUT2D eigenvalue weighted by Crippen LogP contribution is -2.20. The SMILES string of the molecule is Cc1ccc(C#N)c(NCCOCC(F)(F)F)c1. The highest BCUT2D eigenvalue weighted by atomic mass is 19.4. The van der Waals surface area contributed by atoms with Crippen molar-refractivity contribution in [3.8, 4) is 6.07 Å². The van der Waals surface area contributed by atoms with Gasteiger partial charge in [0, 0.05) is 6.54 Å². The number of benzene rings is 1. The van der Waals surface area contributed by atoms with Crippen LogP contribution in [0.25, 0.3) is 0 Å². The zero-order valence-electron chi connectivity index (χ0n) is 9.84. The highest BCUT2D eigenvalue weighted by Gasteiger charge is 2.27. The molecule has 0 aliphatic rings. The molecular weight excluding hydrogens is 245 g/mol. The van der Waals surface area contributed by atoms with Crippen molar-refractivity contribution in [3.05, 3.63) is 29.3 Å². The first-order valence-corrected chi connectivity index (χ1v) is 5.31. The molecule has 0 saturated heterocycles. The maximum Gasteiger partial charge on any atom is 0.411 e. The fraction of sp³-hybridized carbons (Fsp3) is 0.417. The van der Waals surface area contributed by atoms with E-state index in [4.69, 9.17) is 5.26 Å². The summed E-state index contributed by atoms with van der Waals surface area (Å²) in [5.41, 5.74) is 2.03. The summed E-state index contributed by atoms with van der Waals surface area (Å²) in [6, 6.07) is 7.23. The second-order valence-electron chi connectivity index (χ2n) is 3.76. The smallest absolute Gasteiger partial charge is 0.382 e. The predicted octanol–water partition coefficient (Wildman–Crippen LogP) is 2.86. The molecule has 0 aromatic heterocycles. The average Bonchev–Trinajstić information content (AvgIpc) is 2.27. The number of alkyl halides is 3. The molecule has 6 heteroatoms. The summed E-state index contributed by atoms with van der Waals surface area (Å²) in [6.45, 7) is 0.757. The van der Waals surface area contributed by atoms with Crippen LogP contribution in [-0.2, 0) is 4.74 Å². The second kappa shape index (κ2) is 6.26. The van der Waals surface area contributed by atoms with E-state index >= 15 is 0 Å². The van der Waals surface area contributed by atoms with Gasteiger partial charge >= 0.3 is 6.18 Å². The summed E-state index contributed by atoms with van der Waals surface area (Å²) < 4.78 is 39.8. The summed E-state index contributed by atoms with van der Waals surface area (Å²) >= 11 is 0. The van der Waals surface area contributed by atoms with Gasteiger partial charge in [-0.2, -0.15) is 18.4 Å². The molecule has 18 heavy (non-hydrogen) atoms. The molecule has 1 rings (SSSR count). The molecule has 0 amide bonds. The molecule has 1 aromatic carbocycles. The van der Waals surface area contributed by atoms with Crippen molar-refractivity contribution < 1.29 is 17.9 Å². The Bertz CT molecular complexity index is 438. The van der Waals surface area contributed by atoms with E-state index in [9.17, 15) is 13.2 Å². The number of ether oxygens (including phenoxy) is 1. The number of rotatable bonds is 5. The van der Waals surface area contributed by atoms with Gasteiger partial charge in [0.25, 0.3) is 0 Å². The minimum absolute atomic E-state index is 0.0711. The van der Waals surface area contributed by atoms with Crippen LogP contribution in [0.1, 0.15) is 11.1 Å². The Kier molecular flexibility index (Phi) is 4.98. The van der Waals surface area contributed by atoms with Crippen LogP contribution in [-0.4, -0.2) is 25.9 Å². The van der Waals surface area contributed by atoms with Gasteiger partial charge in [-0.1, -0.05) is 6.07 Å². The lowest BCUT2D eigenvalue weighted by molar-refractivity contribution is -0.172. The summed E-state index contributed by atoms with van der Waals surface area (Å²) in [5, 5.41) is 11.7. The molecule has 98 valence electrons. The summed E-state index contributed by atoms with van der Waals surface area (Å²) in [4.78, 5) is 0. The Balaban J connectivity index is 2.40. The Labute approximate surface area is 103 Å². The van der Waals surface area contributed by atoms with Gasteiger partial charge in [0.15, 0.2) is 0 Å². The van der Waals surface area contributed by atoms with Gasteiger partial charge in [-0.15, -0.1) is 0 Å². The van der Waals surface area contributed by atoms with E-state index in [2.05, 4.69) is 10.1 Å². The van der Waals surface area contributed by atoms with Gasteiger partial charge < -0.3 is 10.1 Å². The number of hydrogen-bond acceptors (Lipinski definition) is 3. The third-order valence-corrected chi connectivity index (χ3v) is 2.12. The second-order valence-corrected chi connectivity index (χ2v) is 3.76. The Morgan fingerprint density at radius 3 is 2.72 bits per heavy atom. The molecule has 0 aliphatic carbocycles. The molecule has 0 atom stereocenters. The van der Waals surface area contributed by atoms with Crippen molar-refractivity contribution in [1.29, 1.82) is 5.26 Å². The fourth-order valence-corrected chi connectivity index (χ4v) is 1.35. The average molecular weight is 258 g/mol. The standard InChI is InChI=1S/C12H13F3N2O/c1-9-2-3-10(7-16)11(6-9)17-4-5-18-8-12(13,14)15/h2-3,6,17H,4-5,8H2,1H3. The predicted molar refractivity (Wildman–Crippen MR) is 61.3 cm³/mol. The quantitative estimate of drug-likeness (QED) is 0.826. The van der Waals surface area contributed by atoms with Crippen LogP contribution >= 0.6 is 0 Å². The van der Waals surface area contributed by atoms with Crippen molar-refractivity contribution in [3.63, 3.8) is 0 Å². The summed E-state index contributed by atoms with van der Waals surface area (Å²) in [6.07, 6.45) is -4.30. The van der Waals surface area contributed by atoms with E-state index in [1.165, 1.54) is 0 Å². The molecule has 3 nitrogen and oxygen atoms in total. The number of nitrogens with one attached hydrogen (secondary N) is 1. The molecule has 0 bridgehead atoms. The van der Waals surface area contributed by atoms with Gasteiger partial charge in [0.2, 0.25) is 0 Å². The van der Waals surface area contributed by atoms with Crippen LogP contribution in [0.5, 0.6) is 0 Å². The lowest BCUT2D eigenvalue weighted by Gasteiger charge is -2.10. The zero-order chi connectivity index (χ0) is 13.6. The van der Waals surface area contributed by atoms with Crippen LogP contribution in [0, 0.1) is 18.3 Å². The molecule has 0 spiro atoms. The molecule has 0 fully saturated rings. The topological polar surface area (TPSA) is 45.0 Å². The van der Waals surface area contributed by atoms with Crippen molar-refractivity contribution in [1.82, 2.24) is 0 Å². The van der Waals surface area contributed by atoms with E-state index in [0.29, 0.717) is 11.3 Å². The maximum atomic E-state index is 11.8. The van der Waals surface area contributed by atoms with Crippen LogP contribution in [0.4, 0.5) is 18.9 Å². The number of anilines is 1. The van der Waals surface area contributed by atoms with E-state index in [0.717, 1.165) is 5.56 Å². The first-order chi connectivity index (χ1) is 8.42. The molecular formula is C12H13F3N2O. The Hall–Kier alpha value is -1.74. The molecule has 1 N–H and O–H groups in total. The van der Waals surface area contributed by atoms with E-state index in [-0.39, 0.29) is 13.2 Å². The molecule has 0 saturated carbocycles. The number of nitriles is 1. The van der Waals surface area contributed by atoms with Crippen molar-refractivity contribution in [2.24, 2.45) is 0 Å². The highest BCUT2D eigenvalue weighted by molar-refractivity contribution is 5.58. The van der Waals surface area contributed by atoms with Crippen molar-refractivity contribution in [2.75, 3.05) is 25.1 Å². The molecule has 0 unspecified atom stereocenters. The fourth-order valence-electron chi connectivity index (χ4n) is 1.35. The van der Waals surface area contributed by atoms with E-state index in [1.807, 2.05) is 13.0 Å². The number of aryl methyl sites for hydroxylation is 1. The van der Waals surface area contributed by atoms with Crippen molar-refractivity contribution in [2.45, 2.75) is 13.1 Å². The van der Waals surface area contributed by atoms with Crippen LogP contribution in [0.3, 0.4) is 0 Å². The lowest BCUT2D eigenvalue weighted by atomic mass is 10.1. The number of hydrogen-bond donors (Lipinski definition) is 1. The third kappa shape index (κ3) is 5.06. The molecule has 0 radical (unpaired) electrons. The van der Waals surface area contributed by atoms with Gasteiger partial charge in [-0.3, -0.25) is 0 Å². The van der Waals surface area contributed by atoms with Crippen LogP contribution in [0.15, 0.2) is 18.2 Å². The van der Waals surface area contributed by atoms with Gasteiger partial charge in [0.05, 0.1) is 17.9 Å². The minimum Gasteiger partial charge on any atom is -0.382 e. The first kappa shape index (κ1) is 14.3. The summed E-state index contributed by atoms with van der Waals surface area (Å²) in [5.74, 6) is 0. The third-order valence-electron chi connectivity index (χ3n) is 2.12. The largest absolute Gasteiger partial charge is 0.411 e. The van der Waals surface area contributed by atoms with Crippen molar-refractivity contribution >= 4 is 5.69 Å². The Morgan fingerprint density at radius 2 is 2.11 bits per heavy atom. The highest BCUT2D eigenvalue weighted by Crippen LogP contribution is 2.16. The molecule has 1 aromatic rings. The monoisotopic (exact) mass is 258 g/mol. The van der Waals surface area contributed by atoms with Crippen LogP contribution < -0.4 is 5.32 Å². The van der Waals surface area contributed by atoms with E-state index < -0.39 is 12.8 Å². The number of nitrogens with zero attached hydrogens (tertiary/aromatic N) is 1. The summed E-state index contributed by atoms with van der Waals surface area (Å²) in [7, 11) is 0. The number of halogens is 3. The Morgan fingerprint density at radius 1 is 1.39 bits per heavy atom. The van der Waals surface area contributed by atoms with E-state index in [1.54, 1.807) is 18.2 Å². The first-order valence-electron chi connectivity index (χ1n) is 5.31.